The molecule has 11 heavy (non-hydrogen) atoms. The van der Waals surface area contributed by atoms with Crippen molar-refractivity contribution in [2.45, 2.75) is 19.7 Å². The summed E-state index contributed by atoms with van der Waals surface area (Å²) < 4.78 is 80.7. The first kappa shape index (κ1) is 2.22. The predicted molar refractivity (Wildman–Crippen MR) is 42.2 cm³/mol. The van der Waals surface area contributed by atoms with E-state index in [4.69, 9.17) is 13.7 Å². The van der Waals surface area contributed by atoms with Gasteiger partial charge in [0.2, 0.25) is 0 Å². The molecule has 1 aliphatic rings. The first-order chi connectivity index (χ1) is 9.14. The fraction of sp³-hybridized carbons (Fsp3) is 0.875. The highest BCUT2D eigenvalue weighted by Crippen LogP contribution is 2.12. The lowest BCUT2D eigenvalue weighted by Gasteiger charge is -2.20. The van der Waals surface area contributed by atoms with Crippen molar-refractivity contribution in [3.8, 4) is 0 Å². The first-order valence-corrected chi connectivity index (χ1v) is 3.10. The molecule has 1 N–H and O–H groups in total. The zero-order valence-corrected chi connectivity index (χ0v) is 5.97. The molecule has 1 fully saturated rings. The number of piperidine rings is 1. The van der Waals surface area contributed by atoms with Crippen LogP contribution < -0.4 is 5.31 Å². The topological polar surface area (TPSA) is 38.3 Å². The van der Waals surface area contributed by atoms with Crippen molar-refractivity contribution >= 4 is 5.97 Å². The lowest BCUT2D eigenvalue weighted by Crippen LogP contribution is -2.32. The van der Waals surface area contributed by atoms with E-state index >= 15 is 0 Å². The highest BCUT2D eigenvalue weighted by molar-refractivity contribution is 5.72. The molecule has 3 heteroatoms. The van der Waals surface area contributed by atoms with Crippen LogP contribution in [0.2, 0.25) is 1.41 Å². The van der Waals surface area contributed by atoms with Gasteiger partial charge in [0.25, 0.3) is 0 Å². The summed E-state index contributed by atoms with van der Waals surface area (Å²) in [6, 6.07) is 0. The minimum absolute atomic E-state index is 0.317. The minimum atomic E-state index is -3.54. The average molecular weight is 167 g/mol. The van der Waals surface area contributed by atoms with Gasteiger partial charge in [0, 0.05) is 12.3 Å². The van der Waals surface area contributed by atoms with Gasteiger partial charge < -0.3 is 10.0 Å². The molecule has 1 saturated heterocycles. The zero-order chi connectivity index (χ0) is 17.1. The first-order valence-electron chi connectivity index (χ1n) is 8.05. The summed E-state index contributed by atoms with van der Waals surface area (Å²) in [6.07, 6.45) is -7.08. The maximum absolute atomic E-state index is 11.9. The summed E-state index contributed by atoms with van der Waals surface area (Å²) in [5.74, 6) is -5.25. The third kappa shape index (κ3) is 2.50. The molecule has 1 heterocycles. The van der Waals surface area contributed by atoms with Crippen LogP contribution in [0.15, 0.2) is 0 Å². The third-order valence-corrected chi connectivity index (χ3v) is 0.953. The number of hydrogen-bond acceptors (Lipinski definition) is 3. The van der Waals surface area contributed by atoms with E-state index in [1.54, 1.807) is 0 Å². The van der Waals surface area contributed by atoms with E-state index in [1.165, 1.54) is 6.92 Å². The normalized spacial score (nSPS) is 56.1. The van der Waals surface area contributed by atoms with Gasteiger partial charge in [0.05, 0.1) is 12.5 Å². The lowest BCUT2D eigenvalue weighted by molar-refractivity contribution is -0.148. The molecule has 0 bridgehead atoms. The minimum Gasteiger partial charge on any atom is -0.466 e. The van der Waals surface area contributed by atoms with Crippen LogP contribution in [0.25, 0.3) is 0 Å². The predicted octanol–water partition coefficient (Wildman–Crippen LogP) is 0.549. The summed E-state index contributed by atoms with van der Waals surface area (Å²) in [6.45, 7) is -5.86. The molecule has 0 radical (unpaired) electrons. The van der Waals surface area contributed by atoms with Gasteiger partial charge in [-0.25, -0.2) is 0 Å². The van der Waals surface area contributed by atoms with Crippen molar-refractivity contribution in [1.29, 1.82) is 0 Å². The Bertz CT molecular complexity index is 422. The third-order valence-electron chi connectivity index (χ3n) is 0.953. The second-order valence-corrected chi connectivity index (χ2v) is 1.68. The molecule has 1 aliphatic heterocycles. The fourth-order valence-corrected chi connectivity index (χ4v) is 0.532. The van der Waals surface area contributed by atoms with Gasteiger partial charge in [-0.3, -0.25) is 4.79 Å². The molecule has 0 aromatic rings. The Labute approximate surface area is 81.2 Å². The Hall–Kier alpha value is -0.570. The Kier molecular flexibility index (Phi) is 0.876. The number of rotatable bonds is 2. The second kappa shape index (κ2) is 4.34. The van der Waals surface area contributed by atoms with E-state index in [9.17, 15) is 4.79 Å². The van der Waals surface area contributed by atoms with Crippen LogP contribution in [0.3, 0.4) is 0 Å². The Morgan fingerprint density at radius 1 is 1.91 bits per heavy atom. The molecule has 3 nitrogen and oxygen atoms in total. The van der Waals surface area contributed by atoms with E-state index in [0.29, 0.717) is 0 Å². The maximum Gasteiger partial charge on any atom is 0.309 e. The summed E-state index contributed by atoms with van der Waals surface area (Å²) >= 11 is 0. The molecular formula is C8H15NO2. The highest BCUT2D eigenvalue weighted by atomic mass is 16.5. The molecule has 0 atom stereocenters. The van der Waals surface area contributed by atoms with E-state index < -0.39 is 42.9 Å². The summed E-state index contributed by atoms with van der Waals surface area (Å²) in [5.41, 5.74) is 0. The van der Waals surface area contributed by atoms with Gasteiger partial charge in [0.15, 0.2) is 0 Å². The van der Waals surface area contributed by atoms with Crippen molar-refractivity contribution < 1.29 is 23.3 Å². The molecule has 0 aliphatic carbocycles. The molecule has 0 aromatic heterocycles. The smallest absolute Gasteiger partial charge is 0.309 e. The van der Waals surface area contributed by atoms with Gasteiger partial charge in [-0.15, -0.1) is 0 Å². The molecule has 1 rings (SSSR count). The van der Waals surface area contributed by atoms with E-state index in [-0.39, 0.29) is 6.61 Å². The van der Waals surface area contributed by atoms with Gasteiger partial charge in [-0.1, -0.05) is 0 Å². The van der Waals surface area contributed by atoms with Crippen LogP contribution in [0.1, 0.15) is 32.0 Å². The largest absolute Gasteiger partial charge is 0.466 e. The standard InChI is InChI=1S/C8H15NO2/c1-2-11-8(10)7-3-5-9-6-4-7/h7,9H,2-6H2,1H3/i3D2,4D2,5D2,6D2,7D/hD. The van der Waals surface area contributed by atoms with Crippen LogP contribution in [0, 0.1) is 5.89 Å². The van der Waals surface area contributed by atoms with Crippen LogP contribution in [-0.2, 0) is 9.53 Å². The second-order valence-electron chi connectivity index (χ2n) is 1.68. The maximum atomic E-state index is 11.9. The summed E-state index contributed by atoms with van der Waals surface area (Å²) in [5, 5.41) is -0.522. The molecule has 64 valence electrons. The Morgan fingerprint density at radius 3 is 3.09 bits per heavy atom. The van der Waals surface area contributed by atoms with Gasteiger partial charge in [-0.2, -0.15) is 0 Å². The zero-order valence-electron chi connectivity index (χ0n) is 16.0. The number of carbonyl (C=O) groups is 1. The van der Waals surface area contributed by atoms with Crippen LogP contribution in [-0.4, -0.2) is 25.6 Å². The molecule has 0 amide bonds. The van der Waals surface area contributed by atoms with E-state index in [1.807, 2.05) is 0 Å². The molecule has 0 saturated carbocycles. The van der Waals surface area contributed by atoms with Crippen molar-refractivity contribution in [3.63, 3.8) is 0 Å². The van der Waals surface area contributed by atoms with Crippen molar-refractivity contribution in [3.05, 3.63) is 0 Å². The van der Waals surface area contributed by atoms with E-state index in [0.717, 1.165) is 0 Å². The Balaban J connectivity index is 3.69. The quantitative estimate of drug-likeness (QED) is 0.610. The monoisotopic (exact) mass is 167 g/mol. The SMILES string of the molecule is [2H]N1C([2H])([2H])C([2H])([2H])C([2H])(C(=O)OCC)C([2H])([2H])C1([2H])[2H]. The number of hydrogen-bond donors (Lipinski definition) is 1. The lowest BCUT2D eigenvalue weighted by atomic mass is 9.99. The van der Waals surface area contributed by atoms with Crippen LogP contribution in [0.5, 0.6) is 0 Å². The van der Waals surface area contributed by atoms with Gasteiger partial charge >= 0.3 is 5.97 Å². The number of ether oxygens (including phenoxy) is 1. The summed E-state index contributed by atoms with van der Waals surface area (Å²) in [7, 11) is 0. The number of esters is 1. The van der Waals surface area contributed by atoms with Crippen molar-refractivity contribution in [2.24, 2.45) is 5.89 Å². The van der Waals surface area contributed by atoms with Crippen LogP contribution in [0.4, 0.5) is 0 Å². The molecular weight excluding hydrogens is 142 g/mol. The number of carbonyl (C=O) groups excluding carboxylic acids is 1. The fourth-order valence-electron chi connectivity index (χ4n) is 0.532. The molecule has 0 spiro atoms. The van der Waals surface area contributed by atoms with Crippen molar-refractivity contribution in [1.82, 2.24) is 5.31 Å². The highest BCUT2D eigenvalue weighted by Gasteiger charge is 2.21. The van der Waals surface area contributed by atoms with Gasteiger partial charge in [0.1, 0.15) is 1.41 Å². The summed E-state index contributed by atoms with van der Waals surface area (Å²) in [4.78, 5) is 11.9. The van der Waals surface area contributed by atoms with Crippen molar-refractivity contribution in [2.75, 3.05) is 19.6 Å². The average Bonchev–Trinajstić information content (AvgIpc) is 2.34. The molecule has 0 aromatic carbocycles. The van der Waals surface area contributed by atoms with Crippen LogP contribution >= 0.6 is 0 Å². The Morgan fingerprint density at radius 2 is 2.55 bits per heavy atom. The van der Waals surface area contributed by atoms with Gasteiger partial charge in [-0.05, 0) is 32.7 Å². The number of nitrogens with one attached hydrogen (secondary N) is 1. The molecule has 0 unspecified atom stereocenters. The van der Waals surface area contributed by atoms with E-state index in [2.05, 4.69) is 4.74 Å².